The molecule has 0 atom stereocenters. The standard InChI is InChI=1S/C9H8N3O4/c13-9(14)4-11-5-10-7-3-6(12(15)16)1-2-8(7)11/h1-3,9,13-14H,4H2. The zero-order valence-electron chi connectivity index (χ0n) is 8.07. The quantitative estimate of drug-likeness (QED) is 0.434. The van der Waals surface area contributed by atoms with Gasteiger partial charge in [0.1, 0.15) is 0 Å². The van der Waals surface area contributed by atoms with Crippen LogP contribution in [0.15, 0.2) is 18.2 Å². The molecule has 2 aromatic rings. The highest BCUT2D eigenvalue weighted by Crippen LogP contribution is 2.19. The molecule has 0 aliphatic carbocycles. The van der Waals surface area contributed by atoms with Crippen molar-refractivity contribution in [2.24, 2.45) is 0 Å². The van der Waals surface area contributed by atoms with Crippen molar-refractivity contribution >= 4 is 16.7 Å². The van der Waals surface area contributed by atoms with Crippen LogP contribution in [0.5, 0.6) is 0 Å². The van der Waals surface area contributed by atoms with Gasteiger partial charge in [0, 0.05) is 12.1 Å². The number of aromatic nitrogens is 2. The van der Waals surface area contributed by atoms with E-state index in [1.54, 1.807) is 0 Å². The summed E-state index contributed by atoms with van der Waals surface area (Å²) in [6.07, 6.45) is 1.02. The van der Waals surface area contributed by atoms with Crippen LogP contribution in [0.1, 0.15) is 0 Å². The molecule has 0 saturated heterocycles. The minimum Gasteiger partial charge on any atom is -0.367 e. The molecular weight excluding hydrogens is 214 g/mol. The number of benzene rings is 1. The summed E-state index contributed by atoms with van der Waals surface area (Å²) in [6.45, 7) is -0.0751. The topological polar surface area (TPSA) is 101 Å². The van der Waals surface area contributed by atoms with Gasteiger partial charge in [0.05, 0.1) is 22.5 Å². The summed E-state index contributed by atoms with van der Waals surface area (Å²) in [4.78, 5) is 13.8. The van der Waals surface area contributed by atoms with Gasteiger partial charge in [-0.1, -0.05) is 0 Å². The number of rotatable bonds is 3. The molecule has 7 nitrogen and oxygen atoms in total. The summed E-state index contributed by atoms with van der Waals surface area (Å²) in [7, 11) is 0. The lowest BCUT2D eigenvalue weighted by Crippen LogP contribution is -2.13. The van der Waals surface area contributed by atoms with Crippen LogP contribution in [0, 0.1) is 16.4 Å². The first kappa shape index (κ1) is 10.5. The molecule has 0 fully saturated rings. The van der Waals surface area contributed by atoms with Crippen molar-refractivity contribution in [2.75, 3.05) is 0 Å². The number of non-ortho nitro benzene ring substituents is 1. The Labute approximate surface area is 89.7 Å². The van der Waals surface area contributed by atoms with Crippen LogP contribution >= 0.6 is 0 Å². The zero-order valence-corrected chi connectivity index (χ0v) is 8.07. The molecular formula is C9H8N3O4. The van der Waals surface area contributed by atoms with Gasteiger partial charge in [-0.05, 0) is 6.07 Å². The molecule has 0 amide bonds. The van der Waals surface area contributed by atoms with Gasteiger partial charge >= 0.3 is 0 Å². The lowest BCUT2D eigenvalue weighted by atomic mass is 10.3. The van der Waals surface area contributed by atoms with E-state index in [0.29, 0.717) is 11.0 Å². The molecule has 16 heavy (non-hydrogen) atoms. The highest BCUT2D eigenvalue weighted by Gasteiger charge is 2.11. The molecule has 83 valence electrons. The number of aliphatic hydroxyl groups excluding tert-OH is 1. The predicted octanol–water partition coefficient (Wildman–Crippen LogP) is 0.0554. The summed E-state index contributed by atoms with van der Waals surface area (Å²) >= 11 is 0. The second-order valence-corrected chi connectivity index (χ2v) is 3.23. The van der Waals surface area contributed by atoms with Crippen LogP contribution in [0.4, 0.5) is 5.69 Å². The van der Waals surface area contributed by atoms with Crippen LogP contribution < -0.4 is 0 Å². The lowest BCUT2D eigenvalue weighted by Gasteiger charge is -2.04. The van der Waals surface area contributed by atoms with E-state index in [1.165, 1.54) is 22.8 Å². The van der Waals surface area contributed by atoms with Crippen molar-refractivity contribution in [1.82, 2.24) is 9.55 Å². The smallest absolute Gasteiger partial charge is 0.271 e. The normalized spacial score (nSPS) is 11.2. The third-order valence-electron chi connectivity index (χ3n) is 2.10. The molecule has 1 aromatic heterocycles. The number of imidazole rings is 1. The van der Waals surface area contributed by atoms with Gasteiger partial charge in [0.2, 0.25) is 0 Å². The summed E-state index contributed by atoms with van der Waals surface area (Å²) in [5, 5.41) is 28.1. The Bertz CT molecular complexity index is 535. The van der Waals surface area contributed by atoms with Crippen LogP contribution in [0.25, 0.3) is 11.0 Å². The SMILES string of the molecule is O=[N+]([O-])c1ccc2c(c1)n[c]n2CC(O)O. The van der Waals surface area contributed by atoms with Gasteiger partial charge in [-0.15, -0.1) is 0 Å². The number of aliphatic hydroxyl groups is 2. The van der Waals surface area contributed by atoms with E-state index in [2.05, 4.69) is 11.3 Å². The monoisotopic (exact) mass is 222 g/mol. The Balaban J connectivity index is 2.46. The fraction of sp³-hybridized carbons (Fsp3) is 0.222. The predicted molar refractivity (Wildman–Crippen MR) is 53.4 cm³/mol. The molecule has 0 saturated carbocycles. The van der Waals surface area contributed by atoms with E-state index in [1.807, 2.05) is 0 Å². The van der Waals surface area contributed by atoms with Gasteiger partial charge in [-0.25, -0.2) is 4.98 Å². The maximum Gasteiger partial charge on any atom is 0.271 e. The third kappa shape index (κ3) is 1.86. The minimum absolute atomic E-state index is 0.0595. The first-order valence-corrected chi connectivity index (χ1v) is 4.46. The van der Waals surface area contributed by atoms with Crippen molar-refractivity contribution < 1.29 is 15.1 Å². The summed E-state index contributed by atoms with van der Waals surface area (Å²) in [5.41, 5.74) is 0.907. The van der Waals surface area contributed by atoms with Crippen molar-refractivity contribution in [3.05, 3.63) is 34.6 Å². The van der Waals surface area contributed by atoms with Crippen LogP contribution in [-0.2, 0) is 6.54 Å². The molecule has 1 heterocycles. The number of nitro benzene ring substituents is 1. The highest BCUT2D eigenvalue weighted by atomic mass is 16.6. The molecule has 2 rings (SSSR count). The van der Waals surface area contributed by atoms with Gasteiger partial charge in [0.15, 0.2) is 12.6 Å². The third-order valence-corrected chi connectivity index (χ3v) is 2.10. The number of hydrogen-bond donors (Lipinski definition) is 2. The minimum atomic E-state index is -1.51. The average Bonchev–Trinajstić information content (AvgIpc) is 2.60. The van der Waals surface area contributed by atoms with E-state index >= 15 is 0 Å². The van der Waals surface area contributed by atoms with Crippen LogP contribution in [0.2, 0.25) is 0 Å². The molecule has 0 spiro atoms. The van der Waals surface area contributed by atoms with E-state index in [-0.39, 0.29) is 12.2 Å². The first-order chi connectivity index (χ1) is 7.58. The van der Waals surface area contributed by atoms with Gasteiger partial charge in [0.25, 0.3) is 5.69 Å². The Hall–Kier alpha value is -1.99. The van der Waals surface area contributed by atoms with Gasteiger partial charge in [-0.2, -0.15) is 0 Å². The van der Waals surface area contributed by atoms with E-state index in [0.717, 1.165) is 0 Å². The molecule has 0 aliphatic rings. The zero-order chi connectivity index (χ0) is 11.7. The second-order valence-electron chi connectivity index (χ2n) is 3.23. The summed E-state index contributed by atoms with van der Waals surface area (Å²) in [6, 6.07) is 4.14. The molecule has 1 aromatic carbocycles. The molecule has 0 bridgehead atoms. The first-order valence-electron chi connectivity index (χ1n) is 4.46. The van der Waals surface area contributed by atoms with E-state index < -0.39 is 11.2 Å². The summed E-state index contributed by atoms with van der Waals surface area (Å²) < 4.78 is 1.39. The lowest BCUT2D eigenvalue weighted by molar-refractivity contribution is -0.384. The van der Waals surface area contributed by atoms with Crippen molar-refractivity contribution in [1.29, 1.82) is 0 Å². The second kappa shape index (κ2) is 3.87. The largest absolute Gasteiger partial charge is 0.367 e. The molecule has 0 aliphatic heterocycles. The highest BCUT2D eigenvalue weighted by molar-refractivity contribution is 5.77. The molecule has 2 N–H and O–H groups in total. The van der Waals surface area contributed by atoms with Crippen molar-refractivity contribution in [3.8, 4) is 0 Å². The molecule has 7 heteroatoms. The van der Waals surface area contributed by atoms with Crippen LogP contribution in [-0.4, -0.2) is 31.0 Å². The molecule has 1 radical (unpaired) electrons. The maximum absolute atomic E-state index is 10.5. The number of nitro groups is 1. The molecule has 0 unspecified atom stereocenters. The van der Waals surface area contributed by atoms with Crippen LogP contribution in [0.3, 0.4) is 0 Å². The Morgan fingerprint density at radius 1 is 1.56 bits per heavy atom. The maximum atomic E-state index is 10.5. The van der Waals surface area contributed by atoms with Gasteiger partial charge in [-0.3, -0.25) is 10.1 Å². The number of nitrogens with zero attached hydrogens (tertiary/aromatic N) is 3. The van der Waals surface area contributed by atoms with Crippen molar-refractivity contribution in [3.63, 3.8) is 0 Å². The Morgan fingerprint density at radius 3 is 2.94 bits per heavy atom. The van der Waals surface area contributed by atoms with Crippen molar-refractivity contribution in [2.45, 2.75) is 12.8 Å². The van der Waals surface area contributed by atoms with Gasteiger partial charge < -0.3 is 14.8 Å². The Morgan fingerprint density at radius 2 is 2.31 bits per heavy atom. The number of fused-ring (bicyclic) bond motifs is 1. The summed E-state index contributed by atoms with van der Waals surface area (Å²) in [5.74, 6) is 0. The number of hydrogen-bond acceptors (Lipinski definition) is 5. The van der Waals surface area contributed by atoms with E-state index in [9.17, 15) is 10.1 Å². The average molecular weight is 222 g/mol. The van der Waals surface area contributed by atoms with E-state index in [4.69, 9.17) is 10.2 Å². The fourth-order valence-corrected chi connectivity index (χ4v) is 1.41. The Kier molecular flexibility index (Phi) is 2.55. The fourth-order valence-electron chi connectivity index (χ4n) is 1.41.